The van der Waals surface area contributed by atoms with Crippen molar-refractivity contribution in [3.63, 3.8) is 0 Å². The minimum Gasteiger partial charge on any atom is -0.435 e. The van der Waals surface area contributed by atoms with E-state index in [1.807, 2.05) is 0 Å². The maximum Gasteiger partial charge on any atom is 0.387 e. The lowest BCUT2D eigenvalue weighted by Crippen LogP contribution is -2.25. The maximum atomic E-state index is 11.9. The minimum absolute atomic E-state index is 0. The summed E-state index contributed by atoms with van der Waals surface area (Å²) in [7, 11) is 0. The van der Waals surface area contributed by atoms with Crippen molar-refractivity contribution in [2.75, 3.05) is 13.1 Å². The zero-order valence-corrected chi connectivity index (χ0v) is 10.4. The summed E-state index contributed by atoms with van der Waals surface area (Å²) in [5, 5.41) is 2.65. The predicted molar refractivity (Wildman–Crippen MR) is 66.3 cm³/mol. The fraction of sp³-hybridized carbons (Fsp3) is 0.364. The van der Waals surface area contributed by atoms with Crippen molar-refractivity contribution in [1.29, 1.82) is 0 Å². The number of amides is 1. The molecule has 0 unspecified atom stereocenters. The largest absolute Gasteiger partial charge is 0.435 e. The number of nitrogens with one attached hydrogen (secondary N) is 1. The van der Waals surface area contributed by atoms with E-state index < -0.39 is 6.61 Å². The van der Waals surface area contributed by atoms with E-state index in [2.05, 4.69) is 10.1 Å². The van der Waals surface area contributed by atoms with Gasteiger partial charge >= 0.3 is 6.61 Å². The molecule has 0 aliphatic carbocycles. The van der Waals surface area contributed by atoms with E-state index in [9.17, 15) is 13.6 Å². The molecule has 0 radical (unpaired) electrons. The lowest BCUT2D eigenvalue weighted by molar-refractivity contribution is -0.0498. The molecule has 0 aromatic heterocycles. The van der Waals surface area contributed by atoms with Crippen molar-refractivity contribution < 1.29 is 18.3 Å². The second-order valence-electron chi connectivity index (χ2n) is 3.30. The van der Waals surface area contributed by atoms with Crippen LogP contribution in [0.25, 0.3) is 0 Å². The highest BCUT2D eigenvalue weighted by Crippen LogP contribution is 2.14. The number of carbonyl (C=O) groups excluding carboxylic acids is 1. The fourth-order valence-electron chi connectivity index (χ4n) is 1.19. The molecule has 0 spiro atoms. The third-order valence-corrected chi connectivity index (χ3v) is 2.01. The maximum absolute atomic E-state index is 11.9. The van der Waals surface area contributed by atoms with Crippen molar-refractivity contribution >= 4 is 18.3 Å². The van der Waals surface area contributed by atoms with Crippen molar-refractivity contribution in [3.8, 4) is 5.75 Å². The number of carbonyl (C=O) groups is 1. The molecule has 3 N–H and O–H groups in total. The highest BCUT2D eigenvalue weighted by Gasteiger charge is 2.07. The number of alkyl halides is 2. The van der Waals surface area contributed by atoms with Crippen LogP contribution < -0.4 is 15.8 Å². The summed E-state index contributed by atoms with van der Waals surface area (Å²) in [6.07, 6.45) is 0.693. The van der Waals surface area contributed by atoms with Gasteiger partial charge in [-0.3, -0.25) is 4.79 Å². The topological polar surface area (TPSA) is 64.3 Å². The van der Waals surface area contributed by atoms with Crippen LogP contribution in [0.1, 0.15) is 16.8 Å². The molecule has 1 rings (SSSR count). The van der Waals surface area contributed by atoms with Gasteiger partial charge in [0.1, 0.15) is 5.75 Å². The first-order valence-corrected chi connectivity index (χ1v) is 5.16. The number of ether oxygens (including phenoxy) is 1. The number of hydrogen-bond donors (Lipinski definition) is 2. The van der Waals surface area contributed by atoms with E-state index in [1.54, 1.807) is 0 Å². The zero-order chi connectivity index (χ0) is 12.7. The van der Waals surface area contributed by atoms with Crippen LogP contribution in [0.3, 0.4) is 0 Å². The van der Waals surface area contributed by atoms with Gasteiger partial charge in [0.15, 0.2) is 0 Å². The van der Waals surface area contributed by atoms with Crippen LogP contribution in [0.2, 0.25) is 0 Å². The summed E-state index contributed by atoms with van der Waals surface area (Å²) in [4.78, 5) is 11.5. The smallest absolute Gasteiger partial charge is 0.387 e. The predicted octanol–water partition coefficient (Wildman–Crippen LogP) is 1.79. The number of benzene rings is 1. The van der Waals surface area contributed by atoms with Crippen molar-refractivity contribution in [2.45, 2.75) is 13.0 Å². The minimum atomic E-state index is -2.86. The van der Waals surface area contributed by atoms with Gasteiger partial charge in [0.05, 0.1) is 0 Å². The molecule has 4 nitrogen and oxygen atoms in total. The normalized spacial score (nSPS) is 9.78. The first-order valence-electron chi connectivity index (χ1n) is 5.16. The Labute approximate surface area is 110 Å². The molecule has 0 heterocycles. The Kier molecular flexibility index (Phi) is 7.98. The Balaban J connectivity index is 0.00000289. The first-order chi connectivity index (χ1) is 8.13. The van der Waals surface area contributed by atoms with Crippen LogP contribution >= 0.6 is 12.4 Å². The van der Waals surface area contributed by atoms with E-state index in [0.717, 1.165) is 0 Å². The van der Waals surface area contributed by atoms with E-state index in [-0.39, 0.29) is 24.1 Å². The molecule has 7 heteroatoms. The van der Waals surface area contributed by atoms with Crippen LogP contribution in [-0.2, 0) is 0 Å². The van der Waals surface area contributed by atoms with Gasteiger partial charge < -0.3 is 15.8 Å². The van der Waals surface area contributed by atoms with E-state index in [1.165, 1.54) is 24.3 Å². The van der Waals surface area contributed by atoms with Crippen LogP contribution in [0.15, 0.2) is 24.3 Å². The number of rotatable bonds is 6. The van der Waals surface area contributed by atoms with Crippen molar-refractivity contribution in [3.05, 3.63) is 29.8 Å². The molecule has 1 aromatic rings. The lowest BCUT2D eigenvalue weighted by Gasteiger charge is -2.06. The second-order valence-corrected chi connectivity index (χ2v) is 3.30. The Morgan fingerprint density at radius 2 is 1.94 bits per heavy atom. The van der Waals surface area contributed by atoms with Gasteiger partial charge in [-0.1, -0.05) is 0 Å². The molecule has 0 aliphatic rings. The molecular formula is C11H15ClF2N2O2. The molecule has 1 amide bonds. The van der Waals surface area contributed by atoms with E-state index >= 15 is 0 Å². The van der Waals surface area contributed by atoms with Crippen LogP contribution in [0, 0.1) is 0 Å². The monoisotopic (exact) mass is 280 g/mol. The summed E-state index contributed by atoms with van der Waals surface area (Å²) in [5.74, 6) is -0.236. The number of hydrogen-bond acceptors (Lipinski definition) is 3. The van der Waals surface area contributed by atoms with Gasteiger partial charge in [0.25, 0.3) is 5.91 Å². The fourth-order valence-corrected chi connectivity index (χ4v) is 1.19. The van der Waals surface area contributed by atoms with Crippen LogP contribution in [0.5, 0.6) is 5.75 Å². The first kappa shape index (κ1) is 16.6. The molecule has 0 atom stereocenters. The Morgan fingerprint density at radius 3 is 2.44 bits per heavy atom. The standard InChI is InChI=1S/C11H14F2N2O2.ClH/c12-11(13)17-9-4-2-8(3-5-9)10(16)15-7-1-6-14;/h2-5,11H,1,6-7,14H2,(H,15,16);1H. The molecular weight excluding hydrogens is 266 g/mol. The van der Waals surface area contributed by atoms with Crippen molar-refractivity contribution in [1.82, 2.24) is 5.32 Å². The van der Waals surface area contributed by atoms with Crippen LogP contribution in [-0.4, -0.2) is 25.6 Å². The molecule has 0 saturated carbocycles. The molecule has 18 heavy (non-hydrogen) atoms. The Bertz CT molecular complexity index is 361. The SMILES string of the molecule is Cl.NCCCNC(=O)c1ccc(OC(F)F)cc1. The lowest BCUT2D eigenvalue weighted by atomic mass is 10.2. The van der Waals surface area contributed by atoms with Gasteiger partial charge in [0.2, 0.25) is 0 Å². The quantitative estimate of drug-likeness (QED) is 0.781. The number of halogens is 3. The van der Waals surface area contributed by atoms with Gasteiger partial charge in [0, 0.05) is 12.1 Å². The molecule has 0 aliphatic heterocycles. The summed E-state index contributed by atoms with van der Waals surface area (Å²) in [6, 6.07) is 5.50. The van der Waals surface area contributed by atoms with Crippen LogP contribution in [0.4, 0.5) is 8.78 Å². The Hall–Kier alpha value is -1.40. The molecule has 0 saturated heterocycles. The van der Waals surface area contributed by atoms with E-state index in [4.69, 9.17) is 5.73 Å². The van der Waals surface area contributed by atoms with E-state index in [0.29, 0.717) is 25.1 Å². The molecule has 0 bridgehead atoms. The number of nitrogens with two attached hydrogens (primary N) is 1. The third kappa shape index (κ3) is 5.79. The zero-order valence-electron chi connectivity index (χ0n) is 9.57. The van der Waals surface area contributed by atoms with Gasteiger partial charge in [-0.05, 0) is 37.2 Å². The summed E-state index contributed by atoms with van der Waals surface area (Å²) in [6.45, 7) is -1.87. The highest BCUT2D eigenvalue weighted by molar-refractivity contribution is 5.94. The summed E-state index contributed by atoms with van der Waals surface area (Å²) < 4.78 is 27.9. The van der Waals surface area contributed by atoms with Crippen molar-refractivity contribution in [2.24, 2.45) is 5.73 Å². The molecule has 0 fully saturated rings. The highest BCUT2D eigenvalue weighted by atomic mass is 35.5. The average molecular weight is 281 g/mol. The molecule has 102 valence electrons. The van der Waals surface area contributed by atoms with Gasteiger partial charge in [-0.25, -0.2) is 0 Å². The second kappa shape index (κ2) is 8.66. The third-order valence-electron chi connectivity index (χ3n) is 2.01. The summed E-state index contributed by atoms with van der Waals surface area (Å²) >= 11 is 0. The molecule has 1 aromatic carbocycles. The summed E-state index contributed by atoms with van der Waals surface area (Å²) in [5.41, 5.74) is 5.67. The van der Waals surface area contributed by atoms with Gasteiger partial charge in [-0.15, -0.1) is 12.4 Å². The van der Waals surface area contributed by atoms with Gasteiger partial charge in [-0.2, -0.15) is 8.78 Å². The average Bonchev–Trinajstić information content (AvgIpc) is 2.29. The Morgan fingerprint density at radius 1 is 1.33 bits per heavy atom.